The Hall–Kier alpha value is -4.47. The van der Waals surface area contributed by atoms with Crippen LogP contribution in [0.25, 0.3) is 0 Å². The number of urea groups is 2. The highest BCUT2D eigenvalue weighted by atomic mass is 19.1. The van der Waals surface area contributed by atoms with Gasteiger partial charge in [0.2, 0.25) is 5.91 Å². The van der Waals surface area contributed by atoms with Gasteiger partial charge >= 0.3 is 12.1 Å². The standard InChI is InChI=1S/C25H24FN5O4/c26-20-15-18(28-24(33)30-23(32)14-17-6-2-1-3-7-17)8-9-21(20)35-19-10-11-27-22(16-19)29-25(34)31-12-4-5-13-31/h1-3,6-11,15-16H,4-5,12-14H2,(H,27,29,34)(H2,28,30,32,33). The molecule has 35 heavy (non-hydrogen) atoms. The van der Waals surface area contributed by atoms with E-state index in [1.54, 1.807) is 29.2 Å². The molecule has 0 radical (unpaired) electrons. The lowest BCUT2D eigenvalue weighted by Gasteiger charge is -2.16. The Kier molecular flexibility index (Phi) is 7.51. The molecule has 1 aliphatic rings. The molecule has 0 atom stereocenters. The minimum atomic E-state index is -0.772. The molecular weight excluding hydrogens is 453 g/mol. The van der Waals surface area contributed by atoms with Gasteiger partial charge in [-0.05, 0) is 36.6 Å². The van der Waals surface area contributed by atoms with Crippen molar-refractivity contribution in [3.8, 4) is 11.5 Å². The Morgan fingerprint density at radius 1 is 0.971 bits per heavy atom. The first-order chi connectivity index (χ1) is 17.0. The largest absolute Gasteiger partial charge is 0.454 e. The van der Waals surface area contributed by atoms with Crippen LogP contribution in [0.15, 0.2) is 66.9 Å². The number of nitrogens with one attached hydrogen (secondary N) is 3. The number of amides is 5. The van der Waals surface area contributed by atoms with Crippen molar-refractivity contribution in [2.24, 2.45) is 0 Å². The molecule has 0 unspecified atom stereocenters. The molecule has 1 saturated heterocycles. The van der Waals surface area contributed by atoms with E-state index in [0.29, 0.717) is 13.1 Å². The number of imide groups is 1. The zero-order valence-electron chi connectivity index (χ0n) is 18.8. The summed E-state index contributed by atoms with van der Waals surface area (Å²) in [5.41, 5.74) is 0.911. The molecule has 2 heterocycles. The van der Waals surface area contributed by atoms with Crippen molar-refractivity contribution < 1.29 is 23.5 Å². The minimum Gasteiger partial charge on any atom is -0.454 e. The summed E-state index contributed by atoms with van der Waals surface area (Å²) in [4.78, 5) is 42.1. The van der Waals surface area contributed by atoms with Gasteiger partial charge in [0.05, 0.1) is 6.42 Å². The van der Waals surface area contributed by atoms with Crippen LogP contribution >= 0.6 is 0 Å². The van der Waals surface area contributed by atoms with Gasteiger partial charge in [0, 0.05) is 37.1 Å². The fraction of sp³-hybridized carbons (Fsp3) is 0.200. The van der Waals surface area contributed by atoms with Crippen molar-refractivity contribution in [1.29, 1.82) is 0 Å². The number of benzene rings is 2. The van der Waals surface area contributed by atoms with Gasteiger partial charge in [-0.25, -0.2) is 19.0 Å². The van der Waals surface area contributed by atoms with Crippen LogP contribution in [0.5, 0.6) is 11.5 Å². The molecule has 3 N–H and O–H groups in total. The number of likely N-dealkylation sites (tertiary alicyclic amines) is 1. The van der Waals surface area contributed by atoms with E-state index in [9.17, 15) is 18.8 Å². The number of carbonyl (C=O) groups excluding carboxylic acids is 3. The zero-order chi connectivity index (χ0) is 24.6. The van der Waals surface area contributed by atoms with Crippen LogP contribution in [0.2, 0.25) is 0 Å². The summed E-state index contributed by atoms with van der Waals surface area (Å²) in [6, 6.07) is 14.9. The summed E-state index contributed by atoms with van der Waals surface area (Å²) in [5.74, 6) is -0.730. The van der Waals surface area contributed by atoms with E-state index in [-0.39, 0.29) is 35.5 Å². The topological polar surface area (TPSA) is 113 Å². The van der Waals surface area contributed by atoms with Crippen LogP contribution in [-0.2, 0) is 11.2 Å². The number of hydrogen-bond donors (Lipinski definition) is 3. The first kappa shape index (κ1) is 23.7. The van der Waals surface area contributed by atoms with Crippen molar-refractivity contribution in [3.63, 3.8) is 0 Å². The highest BCUT2D eigenvalue weighted by molar-refractivity contribution is 6.01. The van der Waals surface area contributed by atoms with Gasteiger partial charge in [-0.1, -0.05) is 30.3 Å². The molecular formula is C25H24FN5O4. The van der Waals surface area contributed by atoms with Gasteiger partial charge in [-0.3, -0.25) is 15.4 Å². The first-order valence-corrected chi connectivity index (χ1v) is 11.1. The van der Waals surface area contributed by atoms with Crippen LogP contribution in [0.3, 0.4) is 0 Å². The molecule has 2 aromatic carbocycles. The molecule has 0 spiro atoms. The maximum absolute atomic E-state index is 14.6. The van der Waals surface area contributed by atoms with Gasteiger partial charge in [0.15, 0.2) is 11.6 Å². The number of nitrogens with zero attached hydrogens (tertiary/aromatic N) is 2. The number of anilines is 2. The number of rotatable bonds is 6. The Morgan fingerprint density at radius 3 is 2.49 bits per heavy atom. The highest BCUT2D eigenvalue weighted by Crippen LogP contribution is 2.27. The monoisotopic (exact) mass is 477 g/mol. The summed E-state index contributed by atoms with van der Waals surface area (Å²) in [6.45, 7) is 1.40. The van der Waals surface area contributed by atoms with E-state index in [0.717, 1.165) is 24.5 Å². The molecule has 0 aliphatic carbocycles. The maximum atomic E-state index is 14.6. The second kappa shape index (κ2) is 11.1. The lowest BCUT2D eigenvalue weighted by atomic mass is 10.1. The van der Waals surface area contributed by atoms with Gasteiger partial charge < -0.3 is 15.0 Å². The van der Waals surface area contributed by atoms with Crippen molar-refractivity contribution in [2.75, 3.05) is 23.7 Å². The number of hydrogen-bond acceptors (Lipinski definition) is 5. The summed E-state index contributed by atoms with van der Waals surface area (Å²) in [5, 5.41) is 7.33. The van der Waals surface area contributed by atoms with E-state index in [4.69, 9.17) is 4.74 Å². The van der Waals surface area contributed by atoms with Crippen LogP contribution in [-0.4, -0.2) is 40.9 Å². The average molecular weight is 477 g/mol. The smallest absolute Gasteiger partial charge is 0.325 e. The molecule has 3 aromatic rings. The SMILES string of the molecule is O=C(Cc1ccccc1)NC(=O)Nc1ccc(Oc2ccnc(NC(=O)N3CCCC3)c2)c(F)c1. The van der Waals surface area contributed by atoms with Crippen LogP contribution < -0.4 is 20.7 Å². The molecule has 0 saturated carbocycles. The number of ether oxygens (including phenoxy) is 1. The van der Waals surface area contributed by atoms with Gasteiger partial charge in [0.1, 0.15) is 11.6 Å². The third-order valence-electron chi connectivity index (χ3n) is 5.24. The molecule has 1 fully saturated rings. The first-order valence-electron chi connectivity index (χ1n) is 11.1. The lowest BCUT2D eigenvalue weighted by molar-refractivity contribution is -0.119. The van der Waals surface area contributed by atoms with Crippen LogP contribution in [0.1, 0.15) is 18.4 Å². The zero-order valence-corrected chi connectivity index (χ0v) is 18.8. The van der Waals surface area contributed by atoms with E-state index >= 15 is 0 Å². The Bertz CT molecular complexity index is 1220. The van der Waals surface area contributed by atoms with Gasteiger partial charge in [0.25, 0.3) is 0 Å². The van der Waals surface area contributed by atoms with Gasteiger partial charge in [-0.15, -0.1) is 0 Å². The summed E-state index contributed by atoms with van der Waals surface area (Å²) >= 11 is 0. The Morgan fingerprint density at radius 2 is 1.74 bits per heavy atom. The lowest BCUT2D eigenvalue weighted by Crippen LogP contribution is -2.35. The molecule has 10 heteroatoms. The molecule has 4 rings (SSSR count). The third-order valence-corrected chi connectivity index (χ3v) is 5.24. The maximum Gasteiger partial charge on any atom is 0.325 e. The average Bonchev–Trinajstić information content (AvgIpc) is 3.37. The highest BCUT2D eigenvalue weighted by Gasteiger charge is 2.18. The van der Waals surface area contributed by atoms with E-state index < -0.39 is 17.8 Å². The normalized spacial score (nSPS) is 12.7. The van der Waals surface area contributed by atoms with Crippen molar-refractivity contribution in [1.82, 2.24) is 15.2 Å². The molecule has 180 valence electrons. The number of halogens is 1. The molecule has 9 nitrogen and oxygen atoms in total. The molecule has 0 bridgehead atoms. The van der Waals surface area contributed by atoms with E-state index in [1.165, 1.54) is 30.5 Å². The summed E-state index contributed by atoms with van der Waals surface area (Å²) in [6.07, 6.45) is 3.43. The number of aromatic nitrogens is 1. The molecule has 1 aliphatic heterocycles. The van der Waals surface area contributed by atoms with Crippen molar-refractivity contribution in [3.05, 3.63) is 78.2 Å². The fourth-order valence-electron chi connectivity index (χ4n) is 3.55. The van der Waals surface area contributed by atoms with E-state index in [1.807, 2.05) is 6.07 Å². The predicted octanol–water partition coefficient (Wildman–Crippen LogP) is 4.53. The van der Waals surface area contributed by atoms with Crippen molar-refractivity contribution >= 4 is 29.5 Å². The molecule has 1 aromatic heterocycles. The Balaban J connectivity index is 1.32. The predicted molar refractivity (Wildman–Crippen MR) is 128 cm³/mol. The van der Waals surface area contributed by atoms with Crippen LogP contribution in [0.4, 0.5) is 25.5 Å². The third kappa shape index (κ3) is 6.76. The quantitative estimate of drug-likeness (QED) is 0.483. The number of pyridine rings is 1. The van der Waals surface area contributed by atoms with Crippen LogP contribution in [0, 0.1) is 5.82 Å². The molecule has 5 amide bonds. The fourth-order valence-corrected chi connectivity index (χ4v) is 3.55. The summed E-state index contributed by atoms with van der Waals surface area (Å²) in [7, 11) is 0. The number of carbonyl (C=O) groups is 3. The summed E-state index contributed by atoms with van der Waals surface area (Å²) < 4.78 is 20.2. The van der Waals surface area contributed by atoms with E-state index in [2.05, 4.69) is 20.9 Å². The second-order valence-electron chi connectivity index (χ2n) is 7.91. The Labute approximate surface area is 201 Å². The second-order valence-corrected chi connectivity index (χ2v) is 7.91. The van der Waals surface area contributed by atoms with Crippen molar-refractivity contribution in [2.45, 2.75) is 19.3 Å². The minimum absolute atomic E-state index is 0.0435. The van der Waals surface area contributed by atoms with Gasteiger partial charge in [-0.2, -0.15) is 0 Å².